The van der Waals surface area contributed by atoms with Gasteiger partial charge in [-0.25, -0.2) is 9.18 Å². The van der Waals surface area contributed by atoms with E-state index in [-0.39, 0.29) is 17.9 Å². The fraction of sp³-hybridized carbons (Fsp3) is 0.290. The van der Waals surface area contributed by atoms with Crippen LogP contribution in [0.5, 0.6) is 0 Å². The normalized spacial score (nSPS) is 14.4. The van der Waals surface area contributed by atoms with Crippen molar-refractivity contribution in [3.05, 3.63) is 113 Å². The van der Waals surface area contributed by atoms with Crippen molar-refractivity contribution >= 4 is 28.5 Å². The van der Waals surface area contributed by atoms with Gasteiger partial charge < -0.3 is 10.6 Å². The Hall–Kier alpha value is -3.44. The molecule has 4 aromatic rings. The highest BCUT2D eigenvalue weighted by Gasteiger charge is 2.18. The van der Waals surface area contributed by atoms with Crippen LogP contribution in [0.3, 0.4) is 0 Å². The Bertz CT molecular complexity index is 1290. The highest BCUT2D eigenvalue weighted by molar-refractivity contribution is 6.30. The van der Waals surface area contributed by atoms with Gasteiger partial charge in [0, 0.05) is 23.2 Å². The molecule has 1 fully saturated rings. The van der Waals surface area contributed by atoms with E-state index in [1.165, 1.54) is 43.7 Å². The number of hydrogen-bond donors (Lipinski definition) is 2. The molecule has 1 atom stereocenters. The molecule has 4 nitrogen and oxygen atoms in total. The van der Waals surface area contributed by atoms with Crippen LogP contribution in [0, 0.1) is 5.82 Å². The lowest BCUT2D eigenvalue weighted by atomic mass is 9.83. The van der Waals surface area contributed by atoms with Crippen LogP contribution in [0.25, 0.3) is 10.9 Å². The van der Waals surface area contributed by atoms with Gasteiger partial charge in [-0.1, -0.05) is 73.3 Å². The van der Waals surface area contributed by atoms with Crippen LogP contribution in [0.1, 0.15) is 67.7 Å². The highest BCUT2D eigenvalue weighted by Crippen LogP contribution is 2.35. The SMILES string of the molecule is CC(NC(=O)NCc1ccccc1)c1ccc(Cl)cc1.Fc1ccc2nccc(C3CCCCC3)c2c1. The number of aromatic nitrogens is 1. The second kappa shape index (κ2) is 13.2. The number of amides is 2. The summed E-state index contributed by atoms with van der Waals surface area (Å²) in [7, 11) is 0. The number of urea groups is 1. The van der Waals surface area contributed by atoms with E-state index in [0.29, 0.717) is 17.5 Å². The first-order valence-electron chi connectivity index (χ1n) is 12.9. The molecule has 1 saturated carbocycles. The molecular formula is C31H33ClFN3O. The largest absolute Gasteiger partial charge is 0.334 e. The molecule has 5 rings (SSSR count). The Morgan fingerprint density at radius 3 is 2.46 bits per heavy atom. The zero-order valence-electron chi connectivity index (χ0n) is 21.1. The van der Waals surface area contributed by atoms with Gasteiger partial charge in [0.1, 0.15) is 5.82 Å². The van der Waals surface area contributed by atoms with Gasteiger partial charge in [-0.2, -0.15) is 0 Å². The lowest BCUT2D eigenvalue weighted by Crippen LogP contribution is -2.36. The molecule has 0 bridgehead atoms. The van der Waals surface area contributed by atoms with E-state index in [4.69, 9.17) is 11.6 Å². The van der Waals surface area contributed by atoms with Crippen LogP contribution in [-0.4, -0.2) is 11.0 Å². The van der Waals surface area contributed by atoms with E-state index in [0.717, 1.165) is 22.0 Å². The molecule has 6 heteroatoms. The molecule has 2 N–H and O–H groups in total. The van der Waals surface area contributed by atoms with Crippen LogP contribution >= 0.6 is 11.6 Å². The van der Waals surface area contributed by atoms with Crippen LogP contribution < -0.4 is 10.6 Å². The van der Waals surface area contributed by atoms with E-state index in [1.54, 1.807) is 12.1 Å². The van der Waals surface area contributed by atoms with Crippen LogP contribution in [-0.2, 0) is 6.54 Å². The topological polar surface area (TPSA) is 54.0 Å². The van der Waals surface area contributed by atoms with Gasteiger partial charge in [0.15, 0.2) is 0 Å². The average Bonchev–Trinajstić information content (AvgIpc) is 2.93. The summed E-state index contributed by atoms with van der Waals surface area (Å²) < 4.78 is 13.4. The molecule has 0 spiro atoms. The maximum absolute atomic E-state index is 13.4. The van der Waals surface area contributed by atoms with Crippen LogP contribution in [0.15, 0.2) is 85.1 Å². The number of rotatable bonds is 5. The maximum atomic E-state index is 13.4. The fourth-order valence-corrected chi connectivity index (χ4v) is 4.90. The van der Waals surface area contributed by atoms with Crippen molar-refractivity contribution in [3.63, 3.8) is 0 Å². The summed E-state index contributed by atoms with van der Waals surface area (Å²) in [5.74, 6) is 0.429. The van der Waals surface area contributed by atoms with E-state index in [1.807, 2.05) is 67.7 Å². The molecule has 37 heavy (non-hydrogen) atoms. The average molecular weight is 518 g/mol. The van der Waals surface area contributed by atoms with Gasteiger partial charge in [0.25, 0.3) is 0 Å². The quantitative estimate of drug-likeness (QED) is 0.279. The lowest BCUT2D eigenvalue weighted by molar-refractivity contribution is 0.237. The van der Waals surface area contributed by atoms with Crippen molar-refractivity contribution in [2.45, 2.75) is 57.5 Å². The maximum Gasteiger partial charge on any atom is 0.315 e. The first-order chi connectivity index (χ1) is 18.0. The predicted molar refractivity (Wildman–Crippen MR) is 149 cm³/mol. The van der Waals surface area contributed by atoms with Gasteiger partial charge in [0.2, 0.25) is 0 Å². The number of benzene rings is 3. The van der Waals surface area contributed by atoms with Crippen LogP contribution in [0.2, 0.25) is 5.02 Å². The van der Waals surface area contributed by atoms with E-state index in [2.05, 4.69) is 21.7 Å². The summed E-state index contributed by atoms with van der Waals surface area (Å²) in [5.41, 5.74) is 4.29. The van der Waals surface area contributed by atoms with Gasteiger partial charge in [0.05, 0.1) is 11.6 Å². The monoisotopic (exact) mass is 517 g/mol. The summed E-state index contributed by atoms with van der Waals surface area (Å²) in [6, 6.07) is 24.0. The van der Waals surface area contributed by atoms with Crippen LogP contribution in [0.4, 0.5) is 9.18 Å². The fourth-order valence-electron chi connectivity index (χ4n) is 4.77. The molecule has 1 aliphatic carbocycles. The summed E-state index contributed by atoms with van der Waals surface area (Å²) >= 11 is 5.84. The lowest BCUT2D eigenvalue weighted by Gasteiger charge is -2.23. The standard InChI is InChI=1S/C16H17ClN2O.C15H16FN/c1-12(14-7-9-15(17)10-8-14)19-16(20)18-11-13-5-3-2-4-6-13;16-12-6-7-15-14(10-12)13(8-9-17-15)11-4-2-1-3-5-11/h2-10,12H,11H2,1H3,(H2,18,19,20);6-11H,1-5H2. The number of carbonyl (C=O) groups is 1. The van der Waals surface area contributed by atoms with E-state index >= 15 is 0 Å². The Morgan fingerprint density at radius 2 is 1.73 bits per heavy atom. The minimum absolute atomic E-state index is 0.0666. The first kappa shape index (κ1) is 26.6. The van der Waals surface area contributed by atoms with Crippen molar-refractivity contribution in [2.24, 2.45) is 0 Å². The molecule has 2 amide bonds. The number of hydrogen-bond acceptors (Lipinski definition) is 2. The van der Waals surface area contributed by atoms with Crippen molar-refractivity contribution < 1.29 is 9.18 Å². The first-order valence-corrected chi connectivity index (χ1v) is 13.3. The number of fused-ring (bicyclic) bond motifs is 1. The van der Waals surface area contributed by atoms with Gasteiger partial charge in [-0.3, -0.25) is 4.98 Å². The smallest absolute Gasteiger partial charge is 0.315 e. The minimum atomic E-state index is -0.184. The summed E-state index contributed by atoms with van der Waals surface area (Å²) in [4.78, 5) is 16.1. The van der Waals surface area contributed by atoms with Crippen molar-refractivity contribution in [1.82, 2.24) is 15.6 Å². The zero-order valence-corrected chi connectivity index (χ0v) is 21.8. The number of nitrogens with zero attached hydrogens (tertiary/aromatic N) is 1. The van der Waals surface area contributed by atoms with E-state index in [9.17, 15) is 9.18 Å². The Labute approximate surface area is 223 Å². The Balaban J connectivity index is 0.000000175. The molecule has 0 aliphatic heterocycles. The number of halogens is 2. The number of nitrogens with one attached hydrogen (secondary N) is 2. The molecule has 1 aliphatic rings. The third-order valence-corrected chi connectivity index (χ3v) is 7.05. The van der Waals surface area contributed by atoms with Crippen molar-refractivity contribution in [2.75, 3.05) is 0 Å². The van der Waals surface area contributed by atoms with Gasteiger partial charge in [-0.05, 0) is 78.8 Å². The second-order valence-corrected chi connectivity index (χ2v) is 9.92. The minimum Gasteiger partial charge on any atom is -0.334 e. The Kier molecular flexibility index (Phi) is 9.50. The molecule has 3 aromatic carbocycles. The number of carbonyl (C=O) groups excluding carboxylic acids is 1. The molecule has 0 radical (unpaired) electrons. The highest BCUT2D eigenvalue weighted by atomic mass is 35.5. The van der Waals surface area contributed by atoms with Crippen molar-refractivity contribution in [1.29, 1.82) is 0 Å². The molecule has 192 valence electrons. The number of pyridine rings is 1. The van der Waals surface area contributed by atoms with Crippen molar-refractivity contribution in [3.8, 4) is 0 Å². The second-order valence-electron chi connectivity index (χ2n) is 9.48. The third-order valence-electron chi connectivity index (χ3n) is 6.80. The molecule has 1 aromatic heterocycles. The van der Waals surface area contributed by atoms with Gasteiger partial charge in [-0.15, -0.1) is 0 Å². The molecular weight excluding hydrogens is 485 g/mol. The van der Waals surface area contributed by atoms with Gasteiger partial charge >= 0.3 is 6.03 Å². The molecule has 1 unspecified atom stereocenters. The third kappa shape index (κ3) is 7.77. The molecule has 0 saturated heterocycles. The Morgan fingerprint density at radius 1 is 1.00 bits per heavy atom. The predicted octanol–water partition coefficient (Wildman–Crippen LogP) is 8.32. The summed E-state index contributed by atoms with van der Waals surface area (Å²) in [5, 5.41) is 7.42. The summed E-state index contributed by atoms with van der Waals surface area (Å²) in [6.07, 6.45) is 8.25. The summed E-state index contributed by atoms with van der Waals surface area (Å²) in [6.45, 7) is 2.45. The van der Waals surface area contributed by atoms with E-state index < -0.39 is 0 Å². The molecule has 1 heterocycles. The zero-order chi connectivity index (χ0) is 26.0.